The van der Waals surface area contributed by atoms with E-state index in [4.69, 9.17) is 0 Å². The van der Waals surface area contributed by atoms with Crippen molar-refractivity contribution in [2.24, 2.45) is 0 Å². The summed E-state index contributed by atoms with van der Waals surface area (Å²) < 4.78 is 27.3. The highest BCUT2D eigenvalue weighted by Gasteiger charge is 2.21. The Hall–Kier alpha value is -2.58. The van der Waals surface area contributed by atoms with Crippen LogP contribution in [0.5, 0.6) is 0 Å². The number of hydrogen-bond acceptors (Lipinski definition) is 5. The summed E-state index contributed by atoms with van der Waals surface area (Å²) in [6.45, 7) is 1.92. The lowest BCUT2D eigenvalue weighted by Gasteiger charge is -2.27. The first-order valence-corrected chi connectivity index (χ1v) is 10.0. The quantitative estimate of drug-likeness (QED) is 0.537. The van der Waals surface area contributed by atoms with Crippen LogP contribution in [0.4, 0.5) is 8.78 Å². The number of fused-ring (bicyclic) bond motifs is 1. The molecule has 3 heterocycles. The summed E-state index contributed by atoms with van der Waals surface area (Å²) in [4.78, 5) is 26.0. The molecule has 0 fully saturated rings. The predicted octanol–water partition coefficient (Wildman–Crippen LogP) is 3.39. The number of hydrogen-bond donors (Lipinski definition) is 1. The number of nitrogens with one attached hydrogen (secondary N) is 1. The summed E-state index contributed by atoms with van der Waals surface area (Å²) >= 11 is 1.42. The van der Waals surface area contributed by atoms with Crippen molar-refractivity contribution in [3.63, 3.8) is 0 Å². The number of nitrogens with zero attached hydrogens (tertiary/aromatic N) is 3. The van der Waals surface area contributed by atoms with Gasteiger partial charge in [0.05, 0.1) is 17.0 Å². The van der Waals surface area contributed by atoms with Crippen LogP contribution >= 0.6 is 11.8 Å². The van der Waals surface area contributed by atoms with Gasteiger partial charge in [-0.15, -0.1) is 0 Å². The molecule has 0 saturated carbocycles. The monoisotopic (exact) mass is 400 g/mol. The number of pyridine rings is 1. The first-order chi connectivity index (χ1) is 13.5. The zero-order valence-corrected chi connectivity index (χ0v) is 16.0. The molecule has 0 aliphatic carbocycles. The molecular formula is C20H18F2N4OS. The maximum Gasteiger partial charge on any atom is 0.256 e. The standard InChI is InChI=1S/C20H18F2N4OS/c1-28-20-24-18-6-7-26(11-15(18)19(27)25-20)10-12-2-5-17(23-9-12)14-8-13(21)3-4-16(14)22/h2-5,8-9H,6-7,10-11H2,1H3,(H,24,25,27). The number of aromatic amines is 1. The molecule has 4 rings (SSSR count). The third-order valence-electron chi connectivity index (χ3n) is 4.75. The third-order valence-corrected chi connectivity index (χ3v) is 5.33. The van der Waals surface area contributed by atoms with E-state index in [-0.39, 0.29) is 11.1 Å². The van der Waals surface area contributed by atoms with Crippen molar-refractivity contribution < 1.29 is 8.78 Å². The largest absolute Gasteiger partial charge is 0.301 e. The minimum atomic E-state index is -0.509. The first-order valence-electron chi connectivity index (χ1n) is 8.82. The Balaban J connectivity index is 1.50. The van der Waals surface area contributed by atoms with Gasteiger partial charge in [-0.05, 0) is 36.1 Å². The van der Waals surface area contributed by atoms with Crippen LogP contribution < -0.4 is 5.56 Å². The van der Waals surface area contributed by atoms with E-state index in [9.17, 15) is 13.6 Å². The molecule has 0 atom stereocenters. The van der Waals surface area contributed by atoms with Gasteiger partial charge in [0, 0.05) is 37.8 Å². The molecule has 0 radical (unpaired) electrons. The summed E-state index contributed by atoms with van der Waals surface area (Å²) in [6, 6.07) is 6.85. The van der Waals surface area contributed by atoms with Crippen molar-refractivity contribution >= 4 is 11.8 Å². The van der Waals surface area contributed by atoms with E-state index in [1.807, 2.05) is 12.3 Å². The van der Waals surface area contributed by atoms with Crippen molar-refractivity contribution in [2.45, 2.75) is 24.7 Å². The van der Waals surface area contributed by atoms with Crippen molar-refractivity contribution in [3.8, 4) is 11.3 Å². The highest BCUT2D eigenvalue weighted by molar-refractivity contribution is 7.98. The Morgan fingerprint density at radius 1 is 1.25 bits per heavy atom. The van der Waals surface area contributed by atoms with Gasteiger partial charge < -0.3 is 4.98 Å². The zero-order chi connectivity index (χ0) is 19.7. The van der Waals surface area contributed by atoms with E-state index in [0.717, 1.165) is 36.0 Å². The van der Waals surface area contributed by atoms with E-state index >= 15 is 0 Å². The maximum absolute atomic E-state index is 13.9. The molecular weight excluding hydrogens is 382 g/mol. The van der Waals surface area contributed by atoms with Crippen LogP contribution in [0, 0.1) is 11.6 Å². The fourth-order valence-corrected chi connectivity index (χ4v) is 3.72. The van der Waals surface area contributed by atoms with Crippen molar-refractivity contribution in [1.29, 1.82) is 0 Å². The second kappa shape index (κ2) is 7.81. The van der Waals surface area contributed by atoms with Crippen LogP contribution in [0.15, 0.2) is 46.5 Å². The topological polar surface area (TPSA) is 61.9 Å². The Labute approximate surface area is 164 Å². The lowest BCUT2D eigenvalue weighted by atomic mass is 10.1. The molecule has 0 amide bonds. The van der Waals surface area contributed by atoms with E-state index in [2.05, 4.69) is 19.9 Å². The van der Waals surface area contributed by atoms with Crippen molar-refractivity contribution in [1.82, 2.24) is 19.9 Å². The summed E-state index contributed by atoms with van der Waals surface area (Å²) in [5, 5.41) is 0.640. The number of thioether (sulfide) groups is 1. The van der Waals surface area contributed by atoms with Gasteiger partial charge in [0.25, 0.3) is 5.56 Å². The van der Waals surface area contributed by atoms with Crippen molar-refractivity contribution in [2.75, 3.05) is 12.8 Å². The van der Waals surface area contributed by atoms with Crippen LogP contribution in [-0.4, -0.2) is 32.7 Å². The molecule has 0 saturated heterocycles. The van der Waals surface area contributed by atoms with Gasteiger partial charge >= 0.3 is 0 Å². The van der Waals surface area contributed by atoms with E-state index in [1.165, 1.54) is 11.8 Å². The minimum absolute atomic E-state index is 0.0888. The molecule has 8 heteroatoms. The van der Waals surface area contributed by atoms with Gasteiger partial charge in [-0.1, -0.05) is 17.8 Å². The van der Waals surface area contributed by atoms with Gasteiger partial charge in [-0.25, -0.2) is 13.8 Å². The summed E-state index contributed by atoms with van der Waals surface area (Å²) in [5.41, 5.74) is 2.94. The molecule has 28 heavy (non-hydrogen) atoms. The van der Waals surface area contributed by atoms with E-state index < -0.39 is 11.6 Å². The Morgan fingerprint density at radius 3 is 2.86 bits per heavy atom. The molecule has 3 aromatic rings. The molecule has 1 aliphatic heterocycles. The highest BCUT2D eigenvalue weighted by Crippen LogP contribution is 2.23. The summed E-state index contributed by atoms with van der Waals surface area (Å²) in [7, 11) is 0. The van der Waals surface area contributed by atoms with Gasteiger partial charge in [0.1, 0.15) is 11.6 Å². The Kier molecular flexibility index (Phi) is 5.23. The molecule has 144 valence electrons. The van der Waals surface area contributed by atoms with Gasteiger partial charge in [0.15, 0.2) is 5.16 Å². The van der Waals surface area contributed by atoms with Crippen molar-refractivity contribution in [3.05, 3.63) is 75.3 Å². The molecule has 0 bridgehead atoms. The van der Waals surface area contributed by atoms with Gasteiger partial charge in [-0.2, -0.15) is 0 Å². The molecule has 0 unspecified atom stereocenters. The second-order valence-electron chi connectivity index (χ2n) is 6.64. The van der Waals surface area contributed by atoms with Crippen LogP contribution in [0.1, 0.15) is 16.8 Å². The van der Waals surface area contributed by atoms with Crippen LogP contribution in [0.3, 0.4) is 0 Å². The number of halogens is 2. The zero-order valence-electron chi connectivity index (χ0n) is 15.2. The number of aromatic nitrogens is 3. The normalized spacial score (nSPS) is 14.1. The molecule has 1 N–H and O–H groups in total. The van der Waals surface area contributed by atoms with Crippen LogP contribution in [-0.2, 0) is 19.5 Å². The predicted molar refractivity (Wildman–Crippen MR) is 104 cm³/mol. The van der Waals surface area contributed by atoms with Gasteiger partial charge in [0.2, 0.25) is 0 Å². The van der Waals surface area contributed by atoms with E-state index in [0.29, 0.717) is 35.9 Å². The Morgan fingerprint density at radius 2 is 2.11 bits per heavy atom. The van der Waals surface area contributed by atoms with E-state index in [1.54, 1.807) is 12.3 Å². The number of benzene rings is 1. The highest BCUT2D eigenvalue weighted by atomic mass is 32.2. The Bertz CT molecular complexity index is 1070. The fourth-order valence-electron chi connectivity index (χ4n) is 3.32. The molecule has 0 spiro atoms. The lowest BCUT2D eigenvalue weighted by Crippen LogP contribution is -2.35. The molecule has 1 aliphatic rings. The van der Waals surface area contributed by atoms with Crippen LogP contribution in [0.2, 0.25) is 0 Å². The average Bonchev–Trinajstić information content (AvgIpc) is 2.71. The summed E-state index contributed by atoms with van der Waals surface area (Å²) in [5.74, 6) is -1.01. The molecule has 2 aromatic heterocycles. The fraction of sp³-hybridized carbons (Fsp3) is 0.250. The molecule has 5 nitrogen and oxygen atoms in total. The second-order valence-corrected chi connectivity index (χ2v) is 7.43. The first kappa shape index (κ1) is 18.8. The van der Waals surface area contributed by atoms with Gasteiger partial charge in [-0.3, -0.25) is 14.7 Å². The maximum atomic E-state index is 13.9. The number of H-pyrrole nitrogens is 1. The average molecular weight is 400 g/mol. The number of rotatable bonds is 4. The summed E-state index contributed by atoms with van der Waals surface area (Å²) in [6.07, 6.45) is 4.26. The smallest absolute Gasteiger partial charge is 0.256 e. The minimum Gasteiger partial charge on any atom is -0.301 e. The molecule has 1 aromatic carbocycles. The van der Waals surface area contributed by atoms with Crippen LogP contribution in [0.25, 0.3) is 11.3 Å². The SMILES string of the molecule is CSc1nc2c(c(=O)[nH]1)CN(Cc1ccc(-c3cc(F)ccc3F)nc1)CC2. The third kappa shape index (κ3) is 3.83. The lowest BCUT2D eigenvalue weighted by molar-refractivity contribution is 0.240.